The van der Waals surface area contributed by atoms with E-state index in [1.807, 2.05) is 0 Å². The summed E-state index contributed by atoms with van der Waals surface area (Å²) in [4.78, 5) is 0. The Kier molecular flexibility index (Phi) is 4.56. The van der Waals surface area contributed by atoms with Crippen LogP contribution in [0.1, 0.15) is 32.3 Å². The van der Waals surface area contributed by atoms with Crippen molar-refractivity contribution >= 4 is 0 Å². The molecule has 0 unspecified atom stereocenters. The van der Waals surface area contributed by atoms with Crippen LogP contribution in [0, 0.1) is 5.82 Å². The highest BCUT2D eigenvalue weighted by Crippen LogP contribution is 2.20. The Morgan fingerprint density at radius 1 is 1.33 bits per heavy atom. The molecule has 2 nitrogen and oxygen atoms in total. The van der Waals surface area contributed by atoms with Gasteiger partial charge < -0.3 is 10.4 Å². The number of phenolic OH excluding ortho intramolecular Hbond substituents is 1. The van der Waals surface area contributed by atoms with Crippen LogP contribution in [0.5, 0.6) is 5.75 Å². The predicted octanol–water partition coefficient (Wildman–Crippen LogP) is 2.81. The molecule has 0 heterocycles. The van der Waals surface area contributed by atoms with Crippen LogP contribution in [0.25, 0.3) is 0 Å². The van der Waals surface area contributed by atoms with Gasteiger partial charge in [0.2, 0.25) is 0 Å². The van der Waals surface area contributed by atoms with E-state index in [9.17, 15) is 9.50 Å². The summed E-state index contributed by atoms with van der Waals surface area (Å²) < 4.78 is 13.0. The minimum Gasteiger partial charge on any atom is -0.505 e. The standard InChI is InChI=1S/C12H18FNO/c1-3-10(4-2)14-8-9-6-5-7-11(13)12(9)15/h5-7,10,14-15H,3-4,8H2,1-2H3. The topological polar surface area (TPSA) is 32.3 Å². The van der Waals surface area contributed by atoms with Gasteiger partial charge in [-0.1, -0.05) is 26.0 Å². The fourth-order valence-electron chi connectivity index (χ4n) is 1.53. The molecule has 3 heteroatoms. The molecule has 0 saturated carbocycles. The molecule has 1 rings (SSSR count). The maximum atomic E-state index is 13.0. The first-order chi connectivity index (χ1) is 7.19. The van der Waals surface area contributed by atoms with E-state index >= 15 is 0 Å². The Balaban J connectivity index is 2.61. The van der Waals surface area contributed by atoms with Crippen LogP contribution in [0.4, 0.5) is 4.39 Å². The first kappa shape index (κ1) is 12.0. The van der Waals surface area contributed by atoms with E-state index in [1.165, 1.54) is 6.07 Å². The molecule has 84 valence electrons. The van der Waals surface area contributed by atoms with Crippen molar-refractivity contribution in [2.24, 2.45) is 0 Å². The van der Waals surface area contributed by atoms with Crippen molar-refractivity contribution in [3.8, 4) is 5.75 Å². The molecule has 1 aromatic rings. The molecule has 0 aromatic heterocycles. The second kappa shape index (κ2) is 5.71. The van der Waals surface area contributed by atoms with Gasteiger partial charge in [-0.05, 0) is 18.9 Å². The molecule has 0 spiro atoms. The van der Waals surface area contributed by atoms with Crippen molar-refractivity contribution in [2.45, 2.75) is 39.3 Å². The molecule has 0 fully saturated rings. The number of aromatic hydroxyl groups is 1. The molecule has 0 saturated heterocycles. The van der Waals surface area contributed by atoms with Crippen molar-refractivity contribution < 1.29 is 9.50 Å². The van der Waals surface area contributed by atoms with E-state index in [2.05, 4.69) is 19.2 Å². The fourth-order valence-corrected chi connectivity index (χ4v) is 1.53. The smallest absolute Gasteiger partial charge is 0.165 e. The molecule has 1 aromatic carbocycles. The highest BCUT2D eigenvalue weighted by Gasteiger charge is 2.08. The molecular weight excluding hydrogens is 193 g/mol. The van der Waals surface area contributed by atoms with E-state index in [4.69, 9.17) is 0 Å². The summed E-state index contributed by atoms with van der Waals surface area (Å²) in [6.07, 6.45) is 2.07. The Labute approximate surface area is 90.1 Å². The van der Waals surface area contributed by atoms with Gasteiger partial charge in [-0.2, -0.15) is 0 Å². The number of halogens is 1. The third-order valence-corrected chi connectivity index (χ3v) is 2.64. The van der Waals surface area contributed by atoms with Crippen molar-refractivity contribution in [1.82, 2.24) is 5.32 Å². The van der Waals surface area contributed by atoms with Crippen molar-refractivity contribution in [3.05, 3.63) is 29.6 Å². The molecule has 0 aliphatic rings. The number of hydrogen-bond donors (Lipinski definition) is 2. The Hall–Kier alpha value is -1.09. The van der Waals surface area contributed by atoms with Crippen LogP contribution in [0.2, 0.25) is 0 Å². The molecule has 0 bridgehead atoms. The number of hydrogen-bond acceptors (Lipinski definition) is 2. The fraction of sp³-hybridized carbons (Fsp3) is 0.500. The maximum Gasteiger partial charge on any atom is 0.165 e. The minimum absolute atomic E-state index is 0.240. The quantitative estimate of drug-likeness (QED) is 0.785. The van der Waals surface area contributed by atoms with Gasteiger partial charge in [0.05, 0.1) is 0 Å². The average molecular weight is 211 g/mol. The number of phenols is 1. The highest BCUT2D eigenvalue weighted by molar-refractivity contribution is 5.33. The lowest BCUT2D eigenvalue weighted by Crippen LogP contribution is -2.27. The first-order valence-electron chi connectivity index (χ1n) is 5.38. The Morgan fingerprint density at radius 2 is 2.00 bits per heavy atom. The van der Waals surface area contributed by atoms with Gasteiger partial charge in [-0.3, -0.25) is 0 Å². The van der Waals surface area contributed by atoms with Crippen molar-refractivity contribution in [3.63, 3.8) is 0 Å². The molecule has 0 radical (unpaired) electrons. The zero-order valence-corrected chi connectivity index (χ0v) is 9.26. The van der Waals surface area contributed by atoms with Gasteiger partial charge in [-0.25, -0.2) is 4.39 Å². The largest absolute Gasteiger partial charge is 0.505 e. The molecule has 2 N–H and O–H groups in total. The molecule has 0 aliphatic heterocycles. The van der Waals surface area contributed by atoms with E-state index in [1.54, 1.807) is 12.1 Å². The second-order valence-corrected chi connectivity index (χ2v) is 3.64. The van der Waals surface area contributed by atoms with Crippen LogP contribution in [0.3, 0.4) is 0 Å². The monoisotopic (exact) mass is 211 g/mol. The van der Waals surface area contributed by atoms with E-state index < -0.39 is 5.82 Å². The predicted molar refractivity (Wildman–Crippen MR) is 59.3 cm³/mol. The zero-order chi connectivity index (χ0) is 11.3. The summed E-state index contributed by atoms with van der Waals surface area (Å²) in [7, 11) is 0. The number of nitrogens with one attached hydrogen (secondary N) is 1. The lowest BCUT2D eigenvalue weighted by atomic mass is 10.1. The summed E-state index contributed by atoms with van der Waals surface area (Å²) in [5, 5.41) is 12.7. The number of para-hydroxylation sites is 1. The van der Waals surface area contributed by atoms with Gasteiger partial charge in [0, 0.05) is 18.2 Å². The molecule has 0 amide bonds. The Bertz CT molecular complexity index is 310. The summed E-state index contributed by atoms with van der Waals surface area (Å²) in [6, 6.07) is 5.02. The average Bonchev–Trinajstić information content (AvgIpc) is 2.25. The summed E-state index contributed by atoms with van der Waals surface area (Å²) >= 11 is 0. The van der Waals surface area contributed by atoms with Crippen LogP contribution in [0.15, 0.2) is 18.2 Å². The SMILES string of the molecule is CCC(CC)NCc1cccc(F)c1O. The molecule has 0 aliphatic carbocycles. The van der Waals surface area contributed by atoms with Crippen LogP contribution < -0.4 is 5.32 Å². The van der Waals surface area contributed by atoms with Gasteiger partial charge in [0.25, 0.3) is 0 Å². The molecule has 0 atom stereocenters. The molecule has 15 heavy (non-hydrogen) atoms. The summed E-state index contributed by atoms with van der Waals surface area (Å²) in [5.41, 5.74) is 0.613. The van der Waals surface area contributed by atoms with Crippen molar-refractivity contribution in [1.29, 1.82) is 0 Å². The molecular formula is C12H18FNO. The lowest BCUT2D eigenvalue weighted by Gasteiger charge is -2.15. The van der Waals surface area contributed by atoms with Crippen LogP contribution in [-0.4, -0.2) is 11.1 Å². The minimum atomic E-state index is -0.557. The summed E-state index contributed by atoms with van der Waals surface area (Å²) in [6.45, 7) is 4.72. The van der Waals surface area contributed by atoms with Crippen molar-refractivity contribution in [2.75, 3.05) is 0 Å². The normalized spacial score (nSPS) is 10.9. The van der Waals surface area contributed by atoms with Crippen LogP contribution >= 0.6 is 0 Å². The zero-order valence-electron chi connectivity index (χ0n) is 9.26. The van der Waals surface area contributed by atoms with E-state index in [0.717, 1.165) is 12.8 Å². The van der Waals surface area contributed by atoms with E-state index in [0.29, 0.717) is 18.2 Å². The maximum absolute atomic E-state index is 13.0. The third-order valence-electron chi connectivity index (χ3n) is 2.64. The van der Waals surface area contributed by atoms with E-state index in [-0.39, 0.29) is 5.75 Å². The van der Waals surface area contributed by atoms with Crippen LogP contribution in [-0.2, 0) is 6.54 Å². The van der Waals surface area contributed by atoms with Gasteiger partial charge in [0.1, 0.15) is 0 Å². The number of rotatable bonds is 5. The van der Waals surface area contributed by atoms with Gasteiger partial charge in [-0.15, -0.1) is 0 Å². The van der Waals surface area contributed by atoms with Gasteiger partial charge in [0.15, 0.2) is 11.6 Å². The first-order valence-corrected chi connectivity index (χ1v) is 5.38. The number of benzene rings is 1. The third kappa shape index (κ3) is 3.20. The van der Waals surface area contributed by atoms with Gasteiger partial charge >= 0.3 is 0 Å². The Morgan fingerprint density at radius 3 is 2.60 bits per heavy atom. The lowest BCUT2D eigenvalue weighted by molar-refractivity contribution is 0.416. The highest BCUT2D eigenvalue weighted by atomic mass is 19.1. The summed E-state index contributed by atoms with van der Waals surface area (Å²) in [5.74, 6) is -0.796. The second-order valence-electron chi connectivity index (χ2n) is 3.64.